The van der Waals surface area contributed by atoms with E-state index in [9.17, 15) is 0 Å². The Labute approximate surface area is 109 Å². The average molecular weight is 240 g/mol. The first-order valence-electron chi connectivity index (χ1n) is 7.56. The maximum Gasteiger partial charge on any atom is 0.262 e. The van der Waals surface area contributed by atoms with E-state index in [0.717, 1.165) is 11.8 Å². The van der Waals surface area contributed by atoms with Crippen LogP contribution in [0.25, 0.3) is 0 Å². The Morgan fingerprint density at radius 3 is 1.69 bits per heavy atom. The summed E-state index contributed by atoms with van der Waals surface area (Å²) in [5.41, 5.74) is 0. The molecule has 0 spiro atoms. The molecular weight excluding hydrogens is 207 g/mol. The first-order chi connectivity index (χ1) is 7.56. The molecule has 0 aromatic carbocycles. The van der Waals surface area contributed by atoms with Crippen LogP contribution in [-0.4, -0.2) is 14.1 Å². The Kier molecular flexibility index (Phi) is 11.0. The monoisotopic (exact) mass is 240 g/mol. The summed E-state index contributed by atoms with van der Waals surface area (Å²) in [7, 11) is 0. The lowest BCUT2D eigenvalue weighted by molar-refractivity contribution is 0.643. The molecule has 16 heavy (non-hydrogen) atoms. The van der Waals surface area contributed by atoms with Crippen molar-refractivity contribution in [1.82, 2.24) is 0 Å². The van der Waals surface area contributed by atoms with Crippen molar-refractivity contribution in [2.24, 2.45) is 11.8 Å². The summed E-state index contributed by atoms with van der Waals surface area (Å²) in [5.74, 6) is 1.87. The molecular formula is C15H33Al. The van der Waals surface area contributed by atoms with Crippen molar-refractivity contribution in [3.05, 3.63) is 0 Å². The first-order valence-corrected chi connectivity index (χ1v) is 10.0. The second-order valence-electron chi connectivity index (χ2n) is 6.33. The van der Waals surface area contributed by atoms with Gasteiger partial charge in [0.05, 0.1) is 0 Å². The second-order valence-corrected chi connectivity index (χ2v) is 9.58. The van der Waals surface area contributed by atoms with E-state index in [1.807, 2.05) is 0 Å². The molecule has 0 saturated carbocycles. The highest BCUT2D eigenvalue weighted by Crippen LogP contribution is 2.20. The number of rotatable bonds is 10. The highest BCUT2D eigenvalue weighted by Gasteiger charge is 2.18. The van der Waals surface area contributed by atoms with E-state index in [-0.39, 0.29) is 0 Å². The van der Waals surface area contributed by atoms with Gasteiger partial charge in [-0.25, -0.2) is 0 Å². The molecule has 0 N–H and O–H groups in total. The van der Waals surface area contributed by atoms with Crippen LogP contribution in [0.2, 0.25) is 15.8 Å². The fourth-order valence-electron chi connectivity index (χ4n) is 2.70. The van der Waals surface area contributed by atoms with Crippen LogP contribution in [0.5, 0.6) is 0 Å². The molecule has 0 aliphatic heterocycles. The van der Waals surface area contributed by atoms with Gasteiger partial charge in [0.1, 0.15) is 0 Å². The van der Waals surface area contributed by atoms with Crippen molar-refractivity contribution in [2.75, 3.05) is 0 Å². The second kappa shape index (κ2) is 10.7. The van der Waals surface area contributed by atoms with Crippen molar-refractivity contribution in [3.8, 4) is 0 Å². The van der Waals surface area contributed by atoms with E-state index >= 15 is 0 Å². The van der Waals surface area contributed by atoms with E-state index in [1.165, 1.54) is 32.1 Å². The molecule has 0 atom stereocenters. The molecule has 0 fully saturated rings. The minimum Gasteiger partial charge on any atom is -0.0938 e. The van der Waals surface area contributed by atoms with Gasteiger partial charge in [0.2, 0.25) is 0 Å². The zero-order valence-electron chi connectivity index (χ0n) is 12.4. The van der Waals surface area contributed by atoms with Gasteiger partial charge in [0, 0.05) is 0 Å². The SMILES string of the molecule is CCCCCC[CH2][Al]([CH2]C(C)C)[CH2]C(C)C. The minimum atomic E-state index is -0.401. The zero-order chi connectivity index (χ0) is 12.4. The van der Waals surface area contributed by atoms with Crippen LogP contribution in [0.4, 0.5) is 0 Å². The number of hydrogen-bond donors (Lipinski definition) is 0. The summed E-state index contributed by atoms with van der Waals surface area (Å²) in [6.07, 6.45) is 7.31. The molecule has 0 rings (SSSR count). The van der Waals surface area contributed by atoms with Crippen LogP contribution >= 0.6 is 0 Å². The highest BCUT2D eigenvalue weighted by atomic mass is 27.2. The lowest BCUT2D eigenvalue weighted by atomic mass is 10.2. The predicted octanol–water partition coefficient (Wildman–Crippen LogP) is 5.76. The topological polar surface area (TPSA) is 0 Å². The first kappa shape index (κ1) is 16.5. The predicted molar refractivity (Wildman–Crippen MR) is 78.6 cm³/mol. The van der Waals surface area contributed by atoms with Crippen molar-refractivity contribution < 1.29 is 0 Å². The van der Waals surface area contributed by atoms with E-state index in [2.05, 4.69) is 34.6 Å². The summed E-state index contributed by atoms with van der Waals surface area (Å²) in [6.45, 7) is 11.9. The third kappa shape index (κ3) is 11.0. The van der Waals surface area contributed by atoms with Crippen molar-refractivity contribution in [2.45, 2.75) is 82.6 Å². The summed E-state index contributed by atoms with van der Waals surface area (Å²) in [5, 5.41) is 4.76. The van der Waals surface area contributed by atoms with Gasteiger partial charge in [-0.3, -0.25) is 0 Å². The van der Waals surface area contributed by atoms with E-state index in [1.54, 1.807) is 15.8 Å². The Morgan fingerprint density at radius 1 is 0.750 bits per heavy atom. The maximum atomic E-state index is 2.40. The van der Waals surface area contributed by atoms with Gasteiger partial charge in [-0.2, -0.15) is 0 Å². The maximum absolute atomic E-state index is 2.40. The molecule has 0 radical (unpaired) electrons. The minimum absolute atomic E-state index is 0.401. The number of unbranched alkanes of at least 4 members (excludes halogenated alkanes) is 4. The summed E-state index contributed by atoms with van der Waals surface area (Å²) in [4.78, 5) is 0. The van der Waals surface area contributed by atoms with Gasteiger partial charge in [-0.1, -0.05) is 94.4 Å². The number of hydrogen-bond acceptors (Lipinski definition) is 0. The van der Waals surface area contributed by atoms with Gasteiger partial charge in [-0.05, 0) is 0 Å². The molecule has 0 aliphatic rings. The molecule has 0 nitrogen and oxygen atoms in total. The third-order valence-electron chi connectivity index (χ3n) is 3.33. The van der Waals surface area contributed by atoms with Crippen LogP contribution < -0.4 is 0 Å². The van der Waals surface area contributed by atoms with E-state index in [0.29, 0.717) is 0 Å². The average Bonchev–Trinajstić information content (AvgIpc) is 2.15. The summed E-state index contributed by atoms with van der Waals surface area (Å²) < 4.78 is 0. The lowest BCUT2D eigenvalue weighted by Crippen LogP contribution is -2.17. The Bertz CT molecular complexity index is 130. The van der Waals surface area contributed by atoms with Crippen molar-refractivity contribution in [1.29, 1.82) is 0 Å². The molecule has 0 heterocycles. The Hall–Kier alpha value is 0.532. The summed E-state index contributed by atoms with van der Waals surface area (Å²) >= 11 is -0.401. The van der Waals surface area contributed by atoms with E-state index < -0.39 is 14.1 Å². The van der Waals surface area contributed by atoms with Crippen LogP contribution in [0.15, 0.2) is 0 Å². The van der Waals surface area contributed by atoms with Crippen molar-refractivity contribution in [3.63, 3.8) is 0 Å². The van der Waals surface area contributed by atoms with Crippen LogP contribution in [0, 0.1) is 11.8 Å². The molecule has 0 aliphatic carbocycles. The van der Waals surface area contributed by atoms with Gasteiger partial charge < -0.3 is 0 Å². The van der Waals surface area contributed by atoms with Gasteiger partial charge in [-0.15, -0.1) is 0 Å². The van der Waals surface area contributed by atoms with Crippen molar-refractivity contribution >= 4 is 14.1 Å². The molecule has 0 amide bonds. The van der Waals surface area contributed by atoms with Gasteiger partial charge >= 0.3 is 0 Å². The van der Waals surface area contributed by atoms with Crippen LogP contribution in [0.3, 0.4) is 0 Å². The largest absolute Gasteiger partial charge is 0.262 e. The smallest absolute Gasteiger partial charge is 0.0938 e. The Morgan fingerprint density at radius 2 is 1.25 bits per heavy atom. The summed E-state index contributed by atoms with van der Waals surface area (Å²) in [6, 6.07) is 0. The Balaban J connectivity index is 3.65. The zero-order valence-corrected chi connectivity index (χ0v) is 13.5. The van der Waals surface area contributed by atoms with Gasteiger partial charge in [0.15, 0.2) is 0 Å². The molecule has 1 heteroatoms. The lowest BCUT2D eigenvalue weighted by Gasteiger charge is -2.16. The van der Waals surface area contributed by atoms with Crippen LogP contribution in [0.1, 0.15) is 66.7 Å². The molecule has 0 bridgehead atoms. The van der Waals surface area contributed by atoms with Crippen LogP contribution in [-0.2, 0) is 0 Å². The third-order valence-corrected chi connectivity index (χ3v) is 7.77. The molecule has 96 valence electrons. The highest BCUT2D eigenvalue weighted by molar-refractivity contribution is 6.58. The quantitative estimate of drug-likeness (QED) is 0.336. The van der Waals surface area contributed by atoms with Gasteiger partial charge in [0.25, 0.3) is 14.1 Å². The molecule has 0 unspecified atom stereocenters. The molecule has 0 saturated heterocycles. The standard InChI is InChI=1S/C7H15.2C4H9.Al/c1-3-5-7-6-4-2;2*1-4(2)3;/h1,3-7H2,2H3;2*4H,1H2,2-3H3;. The fraction of sp³-hybridized carbons (Fsp3) is 1.00. The molecule has 0 aromatic rings. The fourth-order valence-corrected chi connectivity index (χ4v) is 6.90. The molecule has 0 aromatic heterocycles. The normalized spacial score (nSPS) is 11.4. The van der Waals surface area contributed by atoms with E-state index in [4.69, 9.17) is 0 Å².